The quantitative estimate of drug-likeness (QED) is 0.554. The van der Waals surface area contributed by atoms with Gasteiger partial charge >= 0.3 is 5.97 Å². The smallest absolute Gasteiger partial charge is 0.332 e. The second-order valence-electron chi connectivity index (χ2n) is 4.67. The van der Waals surface area contributed by atoms with E-state index in [1.54, 1.807) is 12.1 Å². The lowest BCUT2D eigenvalue weighted by molar-refractivity contribution is -0.140. The maximum Gasteiger partial charge on any atom is 0.332 e. The van der Waals surface area contributed by atoms with E-state index in [1.165, 1.54) is 6.07 Å². The van der Waals surface area contributed by atoms with E-state index in [0.29, 0.717) is 6.42 Å². The van der Waals surface area contributed by atoms with Crippen LogP contribution in [0.25, 0.3) is 10.8 Å². The predicted molar refractivity (Wildman–Crippen MR) is 79.0 cm³/mol. The number of carbonyl (C=O) groups is 1. The number of unbranched alkanes of at least 4 members (excludes halogenated alkanes) is 2. The highest BCUT2D eigenvalue weighted by Crippen LogP contribution is 2.16. The van der Waals surface area contributed by atoms with Crippen LogP contribution < -0.4 is 16.6 Å². The Morgan fingerprint density at radius 2 is 1.95 bits per heavy atom. The Hall–Kier alpha value is -2.57. The van der Waals surface area contributed by atoms with Crippen molar-refractivity contribution < 1.29 is 9.63 Å². The van der Waals surface area contributed by atoms with Crippen LogP contribution in [-0.2, 0) is 9.63 Å². The summed E-state index contributed by atoms with van der Waals surface area (Å²) in [5.41, 5.74) is 1.86. The molecule has 112 valence electrons. The Labute approximate surface area is 120 Å². The fourth-order valence-electron chi connectivity index (χ4n) is 2.00. The van der Waals surface area contributed by atoms with Crippen molar-refractivity contribution in [1.82, 2.24) is 10.2 Å². The van der Waals surface area contributed by atoms with E-state index >= 15 is 0 Å². The van der Waals surface area contributed by atoms with Crippen LogP contribution in [0.4, 0.5) is 5.69 Å². The molecule has 0 spiro atoms. The van der Waals surface area contributed by atoms with Crippen molar-refractivity contribution >= 4 is 22.4 Å². The highest BCUT2D eigenvalue weighted by molar-refractivity contribution is 5.92. The standard InChI is InChI=1S/C14H17N3O4/c1-2-3-4-8-11(18)21-17-10-7-5-6-9-12(10)14(20)16-15-13(9)19/h5-7,17H,2-4,8H2,1H3,(H,15,19)(H,16,20). The lowest BCUT2D eigenvalue weighted by atomic mass is 10.1. The van der Waals surface area contributed by atoms with E-state index in [2.05, 4.69) is 15.7 Å². The third kappa shape index (κ3) is 3.50. The molecule has 21 heavy (non-hydrogen) atoms. The molecule has 0 atom stereocenters. The molecule has 0 radical (unpaired) electrons. The van der Waals surface area contributed by atoms with Crippen molar-refractivity contribution in [2.45, 2.75) is 32.6 Å². The van der Waals surface area contributed by atoms with Crippen LogP contribution in [-0.4, -0.2) is 16.2 Å². The topological polar surface area (TPSA) is 104 Å². The SMILES string of the molecule is CCCCCC(=O)ONc1cccc2c(=O)[nH][nH]c(=O)c12. The van der Waals surface area contributed by atoms with Gasteiger partial charge in [0.25, 0.3) is 11.1 Å². The summed E-state index contributed by atoms with van der Waals surface area (Å²) in [6.45, 7) is 2.05. The van der Waals surface area contributed by atoms with Gasteiger partial charge in [0.05, 0.1) is 16.5 Å². The van der Waals surface area contributed by atoms with Gasteiger partial charge in [-0.15, -0.1) is 0 Å². The number of carbonyl (C=O) groups excluding carboxylic acids is 1. The summed E-state index contributed by atoms with van der Waals surface area (Å²) >= 11 is 0. The number of anilines is 1. The molecule has 0 aliphatic carbocycles. The molecule has 3 N–H and O–H groups in total. The summed E-state index contributed by atoms with van der Waals surface area (Å²) in [5, 5.41) is 4.86. The Bertz CT molecular complexity index is 748. The molecular formula is C14H17N3O4. The van der Waals surface area contributed by atoms with Crippen molar-refractivity contribution in [1.29, 1.82) is 0 Å². The van der Waals surface area contributed by atoms with E-state index in [0.717, 1.165) is 19.3 Å². The molecule has 0 amide bonds. The van der Waals surface area contributed by atoms with Gasteiger partial charge in [0.15, 0.2) is 0 Å². The molecule has 1 aromatic carbocycles. The average Bonchev–Trinajstić information content (AvgIpc) is 2.49. The van der Waals surface area contributed by atoms with Gasteiger partial charge in [-0.05, 0) is 18.6 Å². The molecule has 1 aromatic heterocycles. The normalized spacial score (nSPS) is 10.5. The molecule has 0 fully saturated rings. The number of hydrogen-bond donors (Lipinski definition) is 3. The van der Waals surface area contributed by atoms with Crippen LogP contribution in [0.3, 0.4) is 0 Å². The minimum Gasteiger partial charge on any atom is -0.343 e. The van der Waals surface area contributed by atoms with Gasteiger partial charge in [0.1, 0.15) is 0 Å². The summed E-state index contributed by atoms with van der Waals surface area (Å²) < 4.78 is 0. The average molecular weight is 291 g/mol. The highest BCUT2D eigenvalue weighted by Gasteiger charge is 2.10. The molecule has 7 nitrogen and oxygen atoms in total. The molecule has 0 saturated heterocycles. The lowest BCUT2D eigenvalue weighted by Gasteiger charge is -2.08. The monoisotopic (exact) mass is 291 g/mol. The van der Waals surface area contributed by atoms with Crippen LogP contribution in [0.2, 0.25) is 0 Å². The zero-order valence-electron chi connectivity index (χ0n) is 11.7. The Morgan fingerprint density at radius 1 is 1.19 bits per heavy atom. The summed E-state index contributed by atoms with van der Waals surface area (Å²) in [6, 6.07) is 4.69. The maximum atomic E-state index is 11.8. The number of benzene rings is 1. The zero-order valence-corrected chi connectivity index (χ0v) is 11.7. The van der Waals surface area contributed by atoms with Gasteiger partial charge < -0.3 is 4.84 Å². The number of rotatable bonds is 6. The summed E-state index contributed by atoms with van der Waals surface area (Å²) in [7, 11) is 0. The molecule has 0 saturated carbocycles. The summed E-state index contributed by atoms with van der Waals surface area (Å²) in [4.78, 5) is 39.9. The fourth-order valence-corrected chi connectivity index (χ4v) is 2.00. The first-order valence-electron chi connectivity index (χ1n) is 6.83. The fraction of sp³-hybridized carbons (Fsp3) is 0.357. The first-order chi connectivity index (χ1) is 10.1. The third-order valence-corrected chi connectivity index (χ3v) is 3.08. The van der Waals surface area contributed by atoms with Crippen molar-refractivity contribution in [2.75, 3.05) is 5.48 Å². The Morgan fingerprint density at radius 3 is 2.71 bits per heavy atom. The van der Waals surface area contributed by atoms with Crippen LogP contribution in [0, 0.1) is 0 Å². The maximum absolute atomic E-state index is 11.8. The van der Waals surface area contributed by atoms with E-state index in [-0.39, 0.29) is 16.5 Å². The van der Waals surface area contributed by atoms with Gasteiger partial charge in [0.2, 0.25) is 0 Å². The molecule has 0 aliphatic heterocycles. The van der Waals surface area contributed by atoms with Gasteiger partial charge in [-0.1, -0.05) is 25.8 Å². The number of aromatic amines is 2. The van der Waals surface area contributed by atoms with E-state index in [9.17, 15) is 14.4 Å². The third-order valence-electron chi connectivity index (χ3n) is 3.08. The summed E-state index contributed by atoms with van der Waals surface area (Å²) in [5.74, 6) is -0.401. The lowest BCUT2D eigenvalue weighted by Crippen LogP contribution is -2.20. The van der Waals surface area contributed by atoms with Crippen molar-refractivity contribution in [3.05, 3.63) is 38.9 Å². The molecule has 7 heteroatoms. The molecule has 0 aliphatic rings. The molecule has 0 bridgehead atoms. The zero-order chi connectivity index (χ0) is 15.2. The van der Waals surface area contributed by atoms with Crippen molar-refractivity contribution in [3.63, 3.8) is 0 Å². The van der Waals surface area contributed by atoms with E-state index in [1.807, 2.05) is 6.92 Å². The van der Waals surface area contributed by atoms with Crippen molar-refractivity contribution in [2.24, 2.45) is 0 Å². The van der Waals surface area contributed by atoms with Gasteiger partial charge in [-0.2, -0.15) is 0 Å². The highest BCUT2D eigenvalue weighted by atomic mass is 16.7. The largest absolute Gasteiger partial charge is 0.343 e. The Balaban J connectivity index is 2.16. The Kier molecular flexibility index (Phi) is 4.76. The predicted octanol–water partition coefficient (Wildman–Crippen LogP) is 1.67. The first kappa shape index (κ1) is 14.8. The number of hydrogen-bond acceptors (Lipinski definition) is 5. The molecule has 2 rings (SSSR count). The second kappa shape index (κ2) is 6.74. The number of H-pyrrole nitrogens is 2. The van der Waals surface area contributed by atoms with Crippen LogP contribution in [0.1, 0.15) is 32.6 Å². The first-order valence-corrected chi connectivity index (χ1v) is 6.83. The molecule has 2 aromatic rings. The molecular weight excluding hydrogens is 274 g/mol. The number of aromatic nitrogens is 2. The van der Waals surface area contributed by atoms with E-state index in [4.69, 9.17) is 4.84 Å². The molecule has 0 unspecified atom stereocenters. The minimum atomic E-state index is -0.463. The number of nitrogens with one attached hydrogen (secondary N) is 3. The van der Waals surface area contributed by atoms with Gasteiger partial charge in [0, 0.05) is 6.42 Å². The van der Waals surface area contributed by atoms with E-state index < -0.39 is 17.1 Å². The summed E-state index contributed by atoms with van der Waals surface area (Å²) in [6.07, 6.45) is 3.04. The van der Waals surface area contributed by atoms with Crippen LogP contribution in [0.5, 0.6) is 0 Å². The van der Waals surface area contributed by atoms with Crippen LogP contribution >= 0.6 is 0 Å². The van der Waals surface area contributed by atoms with Gasteiger partial charge in [-0.3, -0.25) is 19.8 Å². The minimum absolute atomic E-state index is 0.155. The second-order valence-corrected chi connectivity index (χ2v) is 4.67. The van der Waals surface area contributed by atoms with Crippen LogP contribution in [0.15, 0.2) is 27.8 Å². The van der Waals surface area contributed by atoms with Crippen molar-refractivity contribution in [3.8, 4) is 0 Å². The van der Waals surface area contributed by atoms with Gasteiger partial charge in [-0.25, -0.2) is 10.3 Å². The number of fused-ring (bicyclic) bond motifs is 1. The molecule has 1 heterocycles.